The largest absolute Gasteiger partial charge is 0.371 e. The summed E-state index contributed by atoms with van der Waals surface area (Å²) in [5.74, 6) is 0.636. The number of hydrogen-bond acceptors (Lipinski definition) is 2. The van der Waals surface area contributed by atoms with Crippen molar-refractivity contribution in [3.05, 3.63) is 65.7 Å². The second-order valence-electron chi connectivity index (χ2n) is 5.92. The number of rotatable bonds is 4. The third-order valence-electron chi connectivity index (χ3n) is 4.58. The molecule has 1 saturated heterocycles. The molecule has 0 amide bonds. The van der Waals surface area contributed by atoms with Crippen molar-refractivity contribution >= 4 is 5.69 Å². The molecule has 2 N–H and O–H groups in total. The standard InChI is InChI=1S/C19H24N2/c1-2-18(20)17-10-6-7-11-19(17)21-13-12-16(14-21)15-8-4-3-5-9-15/h3-11,16,18H,2,12-14,20H2,1H3. The zero-order valence-corrected chi connectivity index (χ0v) is 12.7. The van der Waals surface area contributed by atoms with E-state index in [0.717, 1.165) is 19.5 Å². The van der Waals surface area contributed by atoms with E-state index in [2.05, 4.69) is 66.4 Å². The molecule has 1 fully saturated rings. The zero-order chi connectivity index (χ0) is 14.7. The van der Waals surface area contributed by atoms with Crippen LogP contribution < -0.4 is 10.6 Å². The minimum Gasteiger partial charge on any atom is -0.371 e. The number of anilines is 1. The van der Waals surface area contributed by atoms with Gasteiger partial charge in [0.15, 0.2) is 0 Å². The molecule has 1 aliphatic heterocycles. The summed E-state index contributed by atoms with van der Waals surface area (Å²) in [6, 6.07) is 19.6. The van der Waals surface area contributed by atoms with Gasteiger partial charge in [0.1, 0.15) is 0 Å². The molecule has 0 aliphatic carbocycles. The van der Waals surface area contributed by atoms with Gasteiger partial charge in [-0.1, -0.05) is 55.5 Å². The van der Waals surface area contributed by atoms with Crippen LogP contribution in [0.4, 0.5) is 5.69 Å². The quantitative estimate of drug-likeness (QED) is 0.914. The van der Waals surface area contributed by atoms with E-state index in [1.165, 1.54) is 23.2 Å². The SMILES string of the molecule is CCC(N)c1ccccc1N1CCC(c2ccccc2)C1. The van der Waals surface area contributed by atoms with E-state index in [-0.39, 0.29) is 6.04 Å². The summed E-state index contributed by atoms with van der Waals surface area (Å²) in [6.45, 7) is 4.36. The van der Waals surface area contributed by atoms with Gasteiger partial charge in [0.05, 0.1) is 0 Å². The average Bonchev–Trinajstić information content (AvgIpc) is 3.05. The fourth-order valence-corrected chi connectivity index (χ4v) is 3.29. The molecule has 2 nitrogen and oxygen atoms in total. The van der Waals surface area contributed by atoms with Crippen molar-refractivity contribution in [2.45, 2.75) is 31.7 Å². The molecule has 0 radical (unpaired) electrons. The van der Waals surface area contributed by atoms with Gasteiger partial charge >= 0.3 is 0 Å². The van der Waals surface area contributed by atoms with Crippen molar-refractivity contribution in [2.24, 2.45) is 5.73 Å². The summed E-state index contributed by atoms with van der Waals surface area (Å²) in [5, 5.41) is 0. The van der Waals surface area contributed by atoms with E-state index < -0.39 is 0 Å². The van der Waals surface area contributed by atoms with Crippen LogP contribution in [0.15, 0.2) is 54.6 Å². The highest BCUT2D eigenvalue weighted by Gasteiger charge is 2.25. The van der Waals surface area contributed by atoms with Gasteiger partial charge in [0.25, 0.3) is 0 Å². The maximum absolute atomic E-state index is 6.28. The third-order valence-corrected chi connectivity index (χ3v) is 4.58. The van der Waals surface area contributed by atoms with Crippen molar-refractivity contribution in [1.29, 1.82) is 0 Å². The molecular weight excluding hydrogens is 256 g/mol. The molecule has 2 unspecified atom stereocenters. The fourth-order valence-electron chi connectivity index (χ4n) is 3.29. The third kappa shape index (κ3) is 2.96. The Morgan fingerprint density at radius 2 is 1.81 bits per heavy atom. The Balaban J connectivity index is 1.81. The average molecular weight is 280 g/mol. The van der Waals surface area contributed by atoms with Crippen LogP contribution in [0.5, 0.6) is 0 Å². The van der Waals surface area contributed by atoms with E-state index in [1.807, 2.05) is 0 Å². The smallest absolute Gasteiger partial charge is 0.0414 e. The van der Waals surface area contributed by atoms with Gasteiger partial charge in [-0.25, -0.2) is 0 Å². The normalized spacial score (nSPS) is 19.7. The predicted molar refractivity (Wildman–Crippen MR) is 89.7 cm³/mol. The second kappa shape index (κ2) is 6.31. The molecule has 0 spiro atoms. The van der Waals surface area contributed by atoms with E-state index in [9.17, 15) is 0 Å². The lowest BCUT2D eigenvalue weighted by atomic mass is 9.98. The molecule has 3 rings (SSSR count). The van der Waals surface area contributed by atoms with Crippen LogP contribution in [-0.2, 0) is 0 Å². The number of para-hydroxylation sites is 1. The van der Waals surface area contributed by atoms with E-state index in [4.69, 9.17) is 5.73 Å². The first-order valence-corrected chi connectivity index (χ1v) is 7.94. The first-order chi connectivity index (χ1) is 10.3. The first kappa shape index (κ1) is 14.2. The van der Waals surface area contributed by atoms with Crippen LogP contribution in [0.2, 0.25) is 0 Å². The monoisotopic (exact) mass is 280 g/mol. The van der Waals surface area contributed by atoms with Gasteiger partial charge in [-0.05, 0) is 30.0 Å². The summed E-state index contributed by atoms with van der Waals surface area (Å²) in [5.41, 5.74) is 10.3. The van der Waals surface area contributed by atoms with E-state index >= 15 is 0 Å². The fraction of sp³-hybridized carbons (Fsp3) is 0.368. The summed E-state index contributed by atoms with van der Waals surface area (Å²) < 4.78 is 0. The van der Waals surface area contributed by atoms with Crippen LogP contribution in [0.1, 0.15) is 42.9 Å². The highest BCUT2D eigenvalue weighted by atomic mass is 15.2. The van der Waals surface area contributed by atoms with Gasteiger partial charge in [-0.2, -0.15) is 0 Å². The molecule has 1 aliphatic rings. The number of nitrogens with two attached hydrogens (primary N) is 1. The van der Waals surface area contributed by atoms with Gasteiger partial charge in [0, 0.05) is 30.7 Å². The number of nitrogens with zero attached hydrogens (tertiary/aromatic N) is 1. The Morgan fingerprint density at radius 3 is 2.57 bits per heavy atom. The van der Waals surface area contributed by atoms with Crippen LogP contribution >= 0.6 is 0 Å². The predicted octanol–water partition coefficient (Wildman–Crippen LogP) is 4.09. The lowest BCUT2D eigenvalue weighted by Gasteiger charge is -2.24. The Kier molecular flexibility index (Phi) is 4.26. The molecule has 21 heavy (non-hydrogen) atoms. The summed E-state index contributed by atoms with van der Waals surface area (Å²) in [6.07, 6.45) is 2.20. The molecule has 2 atom stereocenters. The maximum Gasteiger partial charge on any atom is 0.0414 e. The Morgan fingerprint density at radius 1 is 1.10 bits per heavy atom. The topological polar surface area (TPSA) is 29.3 Å². The lowest BCUT2D eigenvalue weighted by Crippen LogP contribution is -2.23. The van der Waals surface area contributed by atoms with Crippen molar-refractivity contribution in [3.63, 3.8) is 0 Å². The second-order valence-corrected chi connectivity index (χ2v) is 5.92. The van der Waals surface area contributed by atoms with Crippen molar-refractivity contribution in [2.75, 3.05) is 18.0 Å². The Bertz CT molecular complexity index is 579. The molecule has 110 valence electrons. The van der Waals surface area contributed by atoms with Crippen molar-refractivity contribution in [1.82, 2.24) is 0 Å². The molecular formula is C19H24N2. The van der Waals surface area contributed by atoms with E-state index in [0.29, 0.717) is 5.92 Å². The lowest BCUT2D eigenvalue weighted by molar-refractivity contribution is 0.694. The minimum absolute atomic E-state index is 0.136. The van der Waals surface area contributed by atoms with Crippen LogP contribution in [0.25, 0.3) is 0 Å². The van der Waals surface area contributed by atoms with Gasteiger partial charge in [-0.15, -0.1) is 0 Å². The maximum atomic E-state index is 6.28. The zero-order valence-electron chi connectivity index (χ0n) is 12.7. The van der Waals surface area contributed by atoms with Crippen molar-refractivity contribution < 1.29 is 0 Å². The minimum atomic E-state index is 0.136. The van der Waals surface area contributed by atoms with Crippen LogP contribution in [0.3, 0.4) is 0 Å². The summed E-state index contributed by atoms with van der Waals surface area (Å²) in [7, 11) is 0. The van der Waals surface area contributed by atoms with Gasteiger partial charge < -0.3 is 10.6 Å². The molecule has 0 bridgehead atoms. The molecule has 0 aromatic heterocycles. The van der Waals surface area contributed by atoms with Crippen LogP contribution in [0, 0.1) is 0 Å². The molecule has 1 heterocycles. The highest BCUT2D eigenvalue weighted by Crippen LogP contribution is 2.34. The Hall–Kier alpha value is -1.80. The van der Waals surface area contributed by atoms with E-state index in [1.54, 1.807) is 0 Å². The molecule has 2 aromatic rings. The summed E-state index contributed by atoms with van der Waals surface area (Å²) in [4.78, 5) is 2.50. The van der Waals surface area contributed by atoms with Gasteiger partial charge in [0.2, 0.25) is 0 Å². The molecule has 2 heteroatoms. The molecule has 0 saturated carbocycles. The Labute approximate surface area is 127 Å². The molecule has 2 aromatic carbocycles. The van der Waals surface area contributed by atoms with Gasteiger partial charge in [-0.3, -0.25) is 0 Å². The number of hydrogen-bond donors (Lipinski definition) is 1. The highest BCUT2D eigenvalue weighted by molar-refractivity contribution is 5.56. The van der Waals surface area contributed by atoms with Crippen molar-refractivity contribution in [3.8, 4) is 0 Å². The van der Waals surface area contributed by atoms with Crippen LogP contribution in [-0.4, -0.2) is 13.1 Å². The summed E-state index contributed by atoms with van der Waals surface area (Å²) >= 11 is 0. The first-order valence-electron chi connectivity index (χ1n) is 7.94. The number of benzene rings is 2.